The highest BCUT2D eigenvalue weighted by molar-refractivity contribution is 6.01. The van der Waals surface area contributed by atoms with E-state index < -0.39 is 0 Å². The molecule has 0 unspecified atom stereocenters. The number of carbonyl (C=O) groups excluding carboxylic acids is 1. The van der Waals surface area contributed by atoms with Crippen molar-refractivity contribution in [2.75, 3.05) is 5.32 Å². The Morgan fingerprint density at radius 3 is 2.85 bits per heavy atom. The number of hydrogen-bond donors (Lipinski definition) is 1. The van der Waals surface area contributed by atoms with Crippen LogP contribution >= 0.6 is 0 Å². The smallest absolute Gasteiger partial charge is 0.231 e. The van der Waals surface area contributed by atoms with Gasteiger partial charge in [0.15, 0.2) is 0 Å². The molecule has 0 saturated carbocycles. The molecule has 0 radical (unpaired) electrons. The van der Waals surface area contributed by atoms with Crippen LogP contribution < -0.4 is 5.32 Å². The molecule has 3 heterocycles. The molecule has 3 aromatic heterocycles. The van der Waals surface area contributed by atoms with Crippen molar-refractivity contribution in [3.05, 3.63) is 52.7 Å². The minimum atomic E-state index is -0.142. The van der Waals surface area contributed by atoms with Gasteiger partial charge in [0.05, 0.1) is 18.1 Å². The predicted octanol–water partition coefficient (Wildman–Crippen LogP) is 4.26. The van der Waals surface area contributed by atoms with Crippen molar-refractivity contribution >= 4 is 33.8 Å². The summed E-state index contributed by atoms with van der Waals surface area (Å²) in [5.74, 6) is 1.11. The quantitative estimate of drug-likeness (QED) is 0.590. The number of nitrogens with zero attached hydrogens (tertiary/aromatic N) is 2. The van der Waals surface area contributed by atoms with Crippen molar-refractivity contribution < 1.29 is 13.6 Å². The molecule has 6 heteroatoms. The average molecular weight is 361 g/mol. The van der Waals surface area contributed by atoms with E-state index in [9.17, 15) is 4.79 Å². The van der Waals surface area contributed by atoms with Crippen LogP contribution in [0, 0.1) is 13.8 Å². The summed E-state index contributed by atoms with van der Waals surface area (Å²) < 4.78 is 11.3. The number of rotatable bonds is 3. The van der Waals surface area contributed by atoms with Crippen LogP contribution in [0.5, 0.6) is 0 Å². The Balaban J connectivity index is 1.44. The molecule has 0 saturated heterocycles. The fourth-order valence-electron chi connectivity index (χ4n) is 3.91. The van der Waals surface area contributed by atoms with Gasteiger partial charge in [0.25, 0.3) is 0 Å². The minimum Gasteiger partial charge on any atom is -0.464 e. The molecule has 136 valence electrons. The van der Waals surface area contributed by atoms with E-state index in [0.717, 1.165) is 46.1 Å². The Hall–Kier alpha value is -3.15. The molecule has 1 aliphatic rings. The van der Waals surface area contributed by atoms with Gasteiger partial charge in [0.1, 0.15) is 23.5 Å². The maximum Gasteiger partial charge on any atom is 0.231 e. The number of fused-ring (bicyclic) bond motifs is 3. The second-order valence-corrected chi connectivity index (χ2v) is 7.14. The summed E-state index contributed by atoms with van der Waals surface area (Å²) in [5, 5.41) is 4.67. The summed E-state index contributed by atoms with van der Waals surface area (Å²) in [6, 6.07) is 4.29. The number of furan rings is 2. The van der Waals surface area contributed by atoms with Crippen molar-refractivity contribution in [2.24, 2.45) is 0 Å². The highest BCUT2D eigenvalue weighted by Crippen LogP contribution is 2.31. The summed E-state index contributed by atoms with van der Waals surface area (Å²) in [4.78, 5) is 21.0. The van der Waals surface area contributed by atoms with Gasteiger partial charge in [0.2, 0.25) is 11.6 Å². The standard InChI is InChI=1S/C21H19N3O3/c1-11-12(2)27-21-19(11)20(22-10-23-21)24-18(25)8-15-9-26-17-7-14-5-3-4-13(14)6-16(15)17/h6-7,9-10H,3-5,8H2,1-2H3,(H,22,23,24,25). The third kappa shape index (κ3) is 2.60. The lowest BCUT2D eigenvalue weighted by Gasteiger charge is -2.05. The van der Waals surface area contributed by atoms with E-state index in [4.69, 9.17) is 8.83 Å². The van der Waals surface area contributed by atoms with Crippen LogP contribution in [0.15, 0.2) is 33.6 Å². The lowest BCUT2D eigenvalue weighted by molar-refractivity contribution is -0.115. The van der Waals surface area contributed by atoms with Crippen LogP contribution in [0.3, 0.4) is 0 Å². The maximum atomic E-state index is 12.7. The number of anilines is 1. The normalized spacial score (nSPS) is 13.4. The summed E-state index contributed by atoms with van der Waals surface area (Å²) in [5.41, 5.74) is 5.89. The van der Waals surface area contributed by atoms with E-state index in [-0.39, 0.29) is 12.3 Å². The Labute approximate surface area is 155 Å². The first kappa shape index (κ1) is 16.1. The molecule has 1 amide bonds. The van der Waals surface area contributed by atoms with Crippen LogP contribution in [0.1, 0.15) is 34.4 Å². The van der Waals surface area contributed by atoms with Gasteiger partial charge < -0.3 is 14.2 Å². The monoisotopic (exact) mass is 361 g/mol. The van der Waals surface area contributed by atoms with Crippen LogP contribution in [0.2, 0.25) is 0 Å². The summed E-state index contributed by atoms with van der Waals surface area (Å²) in [7, 11) is 0. The second-order valence-electron chi connectivity index (χ2n) is 7.14. The lowest BCUT2D eigenvalue weighted by Crippen LogP contribution is -2.15. The highest BCUT2D eigenvalue weighted by Gasteiger charge is 2.19. The maximum absolute atomic E-state index is 12.7. The topological polar surface area (TPSA) is 81.2 Å². The Kier molecular flexibility index (Phi) is 3.53. The number of hydrogen-bond acceptors (Lipinski definition) is 5. The molecule has 0 bridgehead atoms. The number of aryl methyl sites for hydroxylation is 4. The lowest BCUT2D eigenvalue weighted by atomic mass is 10.0. The highest BCUT2D eigenvalue weighted by atomic mass is 16.3. The molecule has 1 aromatic carbocycles. The van der Waals surface area contributed by atoms with Crippen LogP contribution in [-0.4, -0.2) is 15.9 Å². The third-order valence-corrected chi connectivity index (χ3v) is 5.44. The molecule has 0 aliphatic heterocycles. The fraction of sp³-hybridized carbons (Fsp3) is 0.286. The molecule has 0 atom stereocenters. The zero-order chi connectivity index (χ0) is 18.5. The van der Waals surface area contributed by atoms with E-state index in [2.05, 4.69) is 27.4 Å². The average Bonchev–Trinajstić information content (AvgIpc) is 3.33. The van der Waals surface area contributed by atoms with Crippen molar-refractivity contribution in [2.45, 2.75) is 39.5 Å². The van der Waals surface area contributed by atoms with Gasteiger partial charge >= 0.3 is 0 Å². The van der Waals surface area contributed by atoms with Gasteiger partial charge in [-0.25, -0.2) is 9.97 Å². The first-order chi connectivity index (χ1) is 13.1. The van der Waals surface area contributed by atoms with Crippen LogP contribution in [-0.2, 0) is 24.1 Å². The van der Waals surface area contributed by atoms with Gasteiger partial charge in [0, 0.05) is 16.5 Å². The Morgan fingerprint density at radius 1 is 1.19 bits per heavy atom. The first-order valence-electron chi connectivity index (χ1n) is 9.12. The van der Waals surface area contributed by atoms with Crippen LogP contribution in [0.4, 0.5) is 5.82 Å². The molecule has 4 aromatic rings. The minimum absolute atomic E-state index is 0.142. The van der Waals surface area contributed by atoms with Crippen molar-refractivity contribution in [1.82, 2.24) is 9.97 Å². The number of aromatic nitrogens is 2. The Morgan fingerprint density at radius 2 is 2.00 bits per heavy atom. The molecular formula is C21H19N3O3. The number of benzene rings is 1. The SMILES string of the molecule is Cc1oc2ncnc(NC(=O)Cc3coc4cc5c(cc34)CCC5)c2c1C. The van der Waals surface area contributed by atoms with Gasteiger partial charge in [-0.2, -0.15) is 0 Å². The van der Waals surface area contributed by atoms with E-state index >= 15 is 0 Å². The molecule has 5 rings (SSSR count). The molecule has 0 fully saturated rings. The Bertz CT molecular complexity index is 1200. The predicted molar refractivity (Wildman–Crippen MR) is 102 cm³/mol. The summed E-state index contributed by atoms with van der Waals surface area (Å²) >= 11 is 0. The molecule has 27 heavy (non-hydrogen) atoms. The third-order valence-electron chi connectivity index (χ3n) is 5.44. The number of nitrogens with one attached hydrogen (secondary N) is 1. The van der Waals surface area contributed by atoms with Gasteiger partial charge in [-0.15, -0.1) is 0 Å². The largest absolute Gasteiger partial charge is 0.464 e. The zero-order valence-electron chi connectivity index (χ0n) is 15.3. The zero-order valence-corrected chi connectivity index (χ0v) is 15.3. The van der Waals surface area contributed by atoms with Gasteiger partial charge in [-0.3, -0.25) is 4.79 Å². The van der Waals surface area contributed by atoms with E-state index in [0.29, 0.717) is 11.5 Å². The van der Waals surface area contributed by atoms with Crippen molar-refractivity contribution in [3.8, 4) is 0 Å². The van der Waals surface area contributed by atoms with E-state index in [1.165, 1.54) is 23.9 Å². The van der Waals surface area contributed by atoms with Gasteiger partial charge in [-0.1, -0.05) is 0 Å². The molecule has 0 spiro atoms. The first-order valence-corrected chi connectivity index (χ1v) is 9.12. The molecular weight excluding hydrogens is 342 g/mol. The molecule has 6 nitrogen and oxygen atoms in total. The molecule has 1 aliphatic carbocycles. The summed E-state index contributed by atoms with van der Waals surface area (Å²) in [6.07, 6.45) is 6.70. The van der Waals surface area contributed by atoms with Crippen LogP contribution in [0.25, 0.3) is 22.1 Å². The van der Waals surface area contributed by atoms with Gasteiger partial charge in [-0.05, 0) is 56.4 Å². The second kappa shape index (κ2) is 5.94. The van der Waals surface area contributed by atoms with Crippen molar-refractivity contribution in [1.29, 1.82) is 0 Å². The fourth-order valence-corrected chi connectivity index (χ4v) is 3.91. The van der Waals surface area contributed by atoms with E-state index in [1.54, 1.807) is 6.26 Å². The summed E-state index contributed by atoms with van der Waals surface area (Å²) in [6.45, 7) is 3.81. The molecule has 1 N–H and O–H groups in total. The van der Waals surface area contributed by atoms with E-state index in [1.807, 2.05) is 13.8 Å². The van der Waals surface area contributed by atoms with Crippen molar-refractivity contribution in [3.63, 3.8) is 0 Å². The number of carbonyl (C=O) groups is 1. The number of amides is 1.